The Kier molecular flexibility index (Phi) is 10.5. The first-order valence-electron chi connectivity index (χ1n) is 14.3. The highest BCUT2D eigenvalue weighted by Gasteiger charge is 2.46. The molecule has 1 saturated heterocycles. The van der Waals surface area contributed by atoms with Crippen molar-refractivity contribution in [3.05, 3.63) is 72.8 Å². The van der Waals surface area contributed by atoms with E-state index in [1.165, 1.54) is 22.7 Å². The highest BCUT2D eigenvalue weighted by atomic mass is 35.5. The SMILES string of the molecule is CC(=O)O[C@@H](C(=O)NCc1cc(Cc2ccccc2Cl)cs1)[C@@H](OC(C)=O)C(=O)C1CCC[C@@H]1c1nc(C2OC(C)O2)cs1. The van der Waals surface area contributed by atoms with Crippen LogP contribution in [0.5, 0.6) is 0 Å². The number of hydrogen-bond donors (Lipinski definition) is 1. The van der Waals surface area contributed by atoms with E-state index in [1.807, 2.05) is 41.1 Å². The Morgan fingerprint density at radius 1 is 1.05 bits per heavy atom. The number of carbonyl (C=O) groups excluding carboxylic acids is 4. The van der Waals surface area contributed by atoms with Crippen molar-refractivity contribution < 1.29 is 38.1 Å². The van der Waals surface area contributed by atoms with Gasteiger partial charge in [0.2, 0.25) is 18.5 Å². The zero-order valence-corrected chi connectivity index (χ0v) is 26.8. The van der Waals surface area contributed by atoms with Crippen LogP contribution in [0.15, 0.2) is 41.1 Å². The molecule has 3 aromatic rings. The second-order valence-electron chi connectivity index (χ2n) is 10.8. The number of thiazole rings is 1. The van der Waals surface area contributed by atoms with Crippen LogP contribution < -0.4 is 5.32 Å². The van der Waals surface area contributed by atoms with Crippen LogP contribution in [0.3, 0.4) is 0 Å². The van der Waals surface area contributed by atoms with Crippen molar-refractivity contribution >= 4 is 57.9 Å². The molecular formula is C31H33ClN2O8S2. The van der Waals surface area contributed by atoms with E-state index in [9.17, 15) is 19.2 Å². The van der Waals surface area contributed by atoms with Crippen LogP contribution >= 0.6 is 34.3 Å². The fraction of sp³-hybridized carbons (Fsp3) is 0.452. The normalized spacial score (nSPS) is 22.5. The fourth-order valence-electron chi connectivity index (χ4n) is 5.51. The number of rotatable bonds is 12. The molecule has 1 saturated carbocycles. The van der Waals surface area contributed by atoms with Crippen molar-refractivity contribution in [2.75, 3.05) is 0 Å². The van der Waals surface area contributed by atoms with Gasteiger partial charge in [0.1, 0.15) is 5.69 Å². The van der Waals surface area contributed by atoms with Gasteiger partial charge in [0.05, 0.1) is 11.6 Å². The first kappa shape index (κ1) is 32.2. The smallest absolute Gasteiger partial charge is 0.303 e. The van der Waals surface area contributed by atoms with E-state index >= 15 is 0 Å². The van der Waals surface area contributed by atoms with E-state index in [2.05, 4.69) is 10.3 Å². The summed E-state index contributed by atoms with van der Waals surface area (Å²) in [5.41, 5.74) is 2.65. The number of ether oxygens (including phenoxy) is 4. The van der Waals surface area contributed by atoms with Crippen LogP contribution in [0.1, 0.15) is 78.9 Å². The monoisotopic (exact) mass is 660 g/mol. The average molecular weight is 661 g/mol. The maximum atomic E-state index is 14.0. The molecule has 5 rings (SSSR count). The van der Waals surface area contributed by atoms with Gasteiger partial charge in [0.15, 0.2) is 12.1 Å². The summed E-state index contributed by atoms with van der Waals surface area (Å²) < 4.78 is 21.8. The first-order chi connectivity index (χ1) is 21.1. The summed E-state index contributed by atoms with van der Waals surface area (Å²) >= 11 is 9.16. The number of esters is 2. The topological polar surface area (TPSA) is 130 Å². The Morgan fingerprint density at radius 2 is 1.77 bits per heavy atom. The van der Waals surface area contributed by atoms with E-state index in [4.69, 9.17) is 30.5 Å². The highest BCUT2D eigenvalue weighted by molar-refractivity contribution is 7.10. The number of nitrogens with zero attached hydrogens (tertiary/aromatic N) is 1. The maximum Gasteiger partial charge on any atom is 0.303 e. The number of Topliss-reactive ketones (excluding diaryl/α,β-unsaturated/α-hetero) is 1. The predicted octanol–water partition coefficient (Wildman–Crippen LogP) is 5.47. The number of halogens is 1. The summed E-state index contributed by atoms with van der Waals surface area (Å²) in [6, 6.07) is 9.54. The molecular weight excluding hydrogens is 628 g/mol. The third kappa shape index (κ3) is 7.73. The molecule has 2 aromatic heterocycles. The molecule has 0 bridgehead atoms. The van der Waals surface area contributed by atoms with Gasteiger partial charge in [-0.25, -0.2) is 4.98 Å². The Morgan fingerprint density at radius 3 is 2.48 bits per heavy atom. The molecule has 1 aliphatic heterocycles. The lowest BCUT2D eigenvalue weighted by atomic mass is 9.87. The maximum absolute atomic E-state index is 14.0. The second-order valence-corrected chi connectivity index (χ2v) is 13.1. The third-order valence-corrected chi connectivity index (χ3v) is 9.86. The van der Waals surface area contributed by atoms with Gasteiger partial charge in [0, 0.05) is 41.0 Å². The molecule has 44 heavy (non-hydrogen) atoms. The van der Waals surface area contributed by atoms with Crippen molar-refractivity contribution in [3.8, 4) is 0 Å². The lowest BCUT2D eigenvalue weighted by molar-refractivity contribution is -0.383. The van der Waals surface area contributed by atoms with Crippen molar-refractivity contribution in [1.82, 2.24) is 10.3 Å². The summed E-state index contributed by atoms with van der Waals surface area (Å²) in [6.07, 6.45) is -1.51. The summed E-state index contributed by atoms with van der Waals surface area (Å²) in [7, 11) is 0. The molecule has 2 aliphatic rings. The molecule has 234 valence electrons. The van der Waals surface area contributed by atoms with Crippen molar-refractivity contribution in [2.24, 2.45) is 5.92 Å². The Labute approximate surface area is 268 Å². The average Bonchev–Trinajstić information content (AvgIpc) is 3.73. The zero-order valence-electron chi connectivity index (χ0n) is 24.4. The molecule has 2 fully saturated rings. The van der Waals surface area contributed by atoms with Crippen molar-refractivity contribution in [3.63, 3.8) is 0 Å². The van der Waals surface area contributed by atoms with Gasteiger partial charge < -0.3 is 24.3 Å². The molecule has 1 unspecified atom stereocenters. The summed E-state index contributed by atoms with van der Waals surface area (Å²) in [5.74, 6) is -3.61. The van der Waals surface area contributed by atoms with E-state index in [0.29, 0.717) is 30.0 Å². The highest BCUT2D eigenvalue weighted by Crippen LogP contribution is 2.44. The lowest BCUT2D eigenvalue weighted by Gasteiger charge is -2.32. The molecule has 1 aromatic carbocycles. The van der Waals surface area contributed by atoms with E-state index in [-0.39, 0.29) is 18.8 Å². The fourth-order valence-corrected chi connectivity index (χ4v) is 7.56. The minimum atomic E-state index is -1.65. The van der Waals surface area contributed by atoms with Gasteiger partial charge in [-0.3, -0.25) is 19.2 Å². The van der Waals surface area contributed by atoms with Crippen LogP contribution in [-0.4, -0.2) is 47.1 Å². The number of aromatic nitrogens is 1. The largest absolute Gasteiger partial charge is 0.450 e. The minimum absolute atomic E-state index is 0.128. The standard InChI is InChI=1S/C31H33ClN2O8S2/c1-16(35)39-27(26(37)22-8-6-9-23(22)30-34-25(15-44-30)31-41-18(3)42-31)28(40-17(2)36)29(38)33-13-21-12-19(14-43-21)11-20-7-4-5-10-24(20)32/h4-5,7,10,12,14-15,18,22-23,27-28,31H,6,8-9,11,13H2,1-3H3,(H,33,38)/t18?,22?,23-,27-,28+,31?/m0/s1. The number of ketones is 1. The van der Waals surface area contributed by atoms with Gasteiger partial charge in [-0.05, 0) is 54.8 Å². The van der Waals surface area contributed by atoms with Crippen LogP contribution in [0.25, 0.3) is 0 Å². The number of amides is 1. The van der Waals surface area contributed by atoms with Crippen LogP contribution in [0.4, 0.5) is 0 Å². The first-order valence-corrected chi connectivity index (χ1v) is 16.4. The number of thiophene rings is 1. The quantitative estimate of drug-likeness (QED) is 0.251. The second kappa shape index (κ2) is 14.3. The predicted molar refractivity (Wildman–Crippen MR) is 163 cm³/mol. The molecule has 10 nitrogen and oxygen atoms in total. The molecule has 3 heterocycles. The summed E-state index contributed by atoms with van der Waals surface area (Å²) in [6.45, 7) is 4.20. The van der Waals surface area contributed by atoms with Crippen molar-refractivity contribution in [1.29, 1.82) is 0 Å². The van der Waals surface area contributed by atoms with Gasteiger partial charge in [0.25, 0.3) is 5.91 Å². The van der Waals surface area contributed by atoms with Gasteiger partial charge >= 0.3 is 11.9 Å². The number of benzene rings is 1. The minimum Gasteiger partial charge on any atom is -0.450 e. The van der Waals surface area contributed by atoms with E-state index in [1.54, 1.807) is 6.92 Å². The molecule has 1 amide bonds. The molecule has 4 atom stereocenters. The third-order valence-electron chi connectivity index (χ3n) is 7.51. The van der Waals surface area contributed by atoms with Gasteiger partial charge in [-0.15, -0.1) is 22.7 Å². The van der Waals surface area contributed by atoms with Crippen LogP contribution in [0, 0.1) is 5.92 Å². The molecule has 1 N–H and O–H groups in total. The van der Waals surface area contributed by atoms with Crippen LogP contribution in [-0.2, 0) is 51.1 Å². The molecule has 0 radical (unpaired) electrons. The molecule has 1 aliphatic carbocycles. The van der Waals surface area contributed by atoms with Crippen molar-refractivity contribution in [2.45, 2.75) is 83.7 Å². The number of nitrogens with one attached hydrogen (secondary N) is 1. The number of carbonyl (C=O) groups is 4. The van der Waals surface area contributed by atoms with E-state index in [0.717, 1.165) is 41.3 Å². The summed E-state index contributed by atoms with van der Waals surface area (Å²) in [5, 5.41) is 7.99. The summed E-state index contributed by atoms with van der Waals surface area (Å²) in [4.78, 5) is 57.2. The Balaban J connectivity index is 1.29. The van der Waals surface area contributed by atoms with Gasteiger partial charge in [-0.1, -0.05) is 36.2 Å². The lowest BCUT2D eigenvalue weighted by Crippen LogP contribution is -2.51. The van der Waals surface area contributed by atoms with E-state index < -0.39 is 48.0 Å². The Hall–Kier alpha value is -3.16. The van der Waals surface area contributed by atoms with Gasteiger partial charge in [-0.2, -0.15) is 0 Å². The van der Waals surface area contributed by atoms with Crippen LogP contribution in [0.2, 0.25) is 5.02 Å². The zero-order chi connectivity index (χ0) is 31.4. The number of hydrogen-bond acceptors (Lipinski definition) is 11. The Bertz CT molecular complexity index is 1520. The molecule has 13 heteroatoms. The molecule has 0 spiro atoms.